The fourth-order valence-corrected chi connectivity index (χ4v) is 1.15. The lowest BCUT2D eigenvalue weighted by atomic mass is 9.45. The van der Waals surface area contributed by atoms with Crippen LogP contribution in [0.4, 0.5) is 0 Å². The van der Waals surface area contributed by atoms with Crippen LogP contribution in [0.25, 0.3) is 0 Å². The van der Waals surface area contributed by atoms with Crippen LogP contribution in [-0.4, -0.2) is 44.1 Å². The molecule has 0 spiro atoms. The first-order chi connectivity index (χ1) is 9.42. The van der Waals surface area contributed by atoms with Crippen molar-refractivity contribution >= 4 is 6.35 Å². The van der Waals surface area contributed by atoms with E-state index in [2.05, 4.69) is 32.5 Å². The van der Waals surface area contributed by atoms with Gasteiger partial charge in [0.05, 0.1) is 39.2 Å². The average Bonchev–Trinajstić information content (AvgIpc) is 2.52. The Bertz CT molecular complexity index is 389. The molecule has 108 valence electrons. The van der Waals surface area contributed by atoms with E-state index >= 15 is 0 Å². The molecule has 20 heavy (non-hydrogen) atoms. The summed E-state index contributed by atoms with van der Waals surface area (Å²) in [5.41, 5.74) is 0. The highest BCUT2D eigenvalue weighted by Crippen LogP contribution is 2.00. The summed E-state index contributed by atoms with van der Waals surface area (Å²) in [6.07, 6.45) is -2.64. The topological polar surface area (TPSA) is 104 Å². The second kappa shape index (κ2) is 10.8. The summed E-state index contributed by atoms with van der Waals surface area (Å²) >= 11 is 0. The van der Waals surface area contributed by atoms with Crippen molar-refractivity contribution in [3.05, 3.63) is 0 Å². The SMILES string of the molecule is CC[N+](C)(CC)CC.N#CCCO[B-](C#N)(C#N)C#N. The highest BCUT2D eigenvalue weighted by Gasteiger charge is 2.24. The summed E-state index contributed by atoms with van der Waals surface area (Å²) in [6, 6.07) is 1.77. The fourth-order valence-electron chi connectivity index (χ4n) is 1.15. The summed E-state index contributed by atoms with van der Waals surface area (Å²) in [5, 5.41) is 33.3. The molecule has 0 aliphatic carbocycles. The number of hydrogen-bond acceptors (Lipinski definition) is 5. The van der Waals surface area contributed by atoms with Crippen molar-refractivity contribution in [3.8, 4) is 24.0 Å². The number of nitrogens with zero attached hydrogens (tertiary/aromatic N) is 5. The van der Waals surface area contributed by atoms with Gasteiger partial charge < -0.3 is 9.14 Å². The summed E-state index contributed by atoms with van der Waals surface area (Å²) in [5.74, 6) is 4.45. The van der Waals surface area contributed by atoms with Crippen molar-refractivity contribution in [2.75, 3.05) is 33.3 Å². The maximum atomic E-state index is 8.40. The molecule has 0 atom stereocenters. The molecule has 0 saturated heterocycles. The Morgan fingerprint density at radius 3 is 1.50 bits per heavy atom. The largest absolute Gasteiger partial charge is 0.556 e. The van der Waals surface area contributed by atoms with E-state index in [1.165, 1.54) is 42.0 Å². The van der Waals surface area contributed by atoms with Gasteiger partial charge in [-0.2, -0.15) is 5.26 Å². The van der Waals surface area contributed by atoms with E-state index in [4.69, 9.17) is 21.0 Å². The second-order valence-electron chi connectivity index (χ2n) is 4.52. The van der Waals surface area contributed by atoms with Gasteiger partial charge in [0.25, 0.3) is 0 Å². The Balaban J connectivity index is 0. The molecule has 0 aromatic carbocycles. The van der Waals surface area contributed by atoms with Crippen molar-refractivity contribution < 1.29 is 9.14 Å². The number of rotatable bonds is 6. The third-order valence-electron chi connectivity index (χ3n) is 3.42. The van der Waals surface area contributed by atoms with Gasteiger partial charge in [-0.15, -0.1) is 0 Å². The first-order valence-corrected chi connectivity index (χ1v) is 6.66. The predicted octanol–water partition coefficient (Wildman–Crippen LogP) is 1.54. The van der Waals surface area contributed by atoms with Gasteiger partial charge >= 0.3 is 6.35 Å². The van der Waals surface area contributed by atoms with E-state index in [-0.39, 0.29) is 13.0 Å². The lowest BCUT2D eigenvalue weighted by Crippen LogP contribution is -2.42. The molecule has 0 aliphatic heterocycles. The second-order valence-corrected chi connectivity index (χ2v) is 4.52. The quantitative estimate of drug-likeness (QED) is 0.415. The van der Waals surface area contributed by atoms with Crippen molar-refractivity contribution in [2.24, 2.45) is 0 Å². The van der Waals surface area contributed by atoms with Gasteiger partial charge in [0.15, 0.2) is 0 Å². The summed E-state index contributed by atoms with van der Waals surface area (Å²) < 4.78 is 5.88. The lowest BCUT2D eigenvalue weighted by molar-refractivity contribution is -0.904. The molecule has 0 saturated carbocycles. The normalized spacial score (nSPS) is 10.0. The van der Waals surface area contributed by atoms with Gasteiger partial charge in [-0.25, -0.2) is 15.8 Å². The summed E-state index contributed by atoms with van der Waals surface area (Å²) in [7, 11) is 2.29. The molecule has 0 amide bonds. The molecule has 0 aromatic heterocycles. The first-order valence-electron chi connectivity index (χ1n) is 6.66. The van der Waals surface area contributed by atoms with Crippen LogP contribution in [0, 0.1) is 45.0 Å². The van der Waals surface area contributed by atoms with Crippen LogP contribution in [0.3, 0.4) is 0 Å². The van der Waals surface area contributed by atoms with Crippen molar-refractivity contribution in [3.63, 3.8) is 0 Å². The third kappa shape index (κ3) is 7.40. The van der Waals surface area contributed by atoms with Gasteiger partial charge in [0.1, 0.15) is 0 Å². The molecule has 0 radical (unpaired) electrons. The first kappa shape index (κ1) is 20.3. The maximum Gasteiger partial charge on any atom is 0.408 e. The van der Waals surface area contributed by atoms with Crippen molar-refractivity contribution in [1.82, 2.24) is 0 Å². The van der Waals surface area contributed by atoms with Gasteiger partial charge in [-0.3, -0.25) is 0 Å². The lowest BCUT2D eigenvalue weighted by Gasteiger charge is -2.30. The smallest absolute Gasteiger partial charge is 0.408 e. The number of hydrogen-bond donors (Lipinski definition) is 0. The Labute approximate surface area is 121 Å². The molecule has 6 nitrogen and oxygen atoms in total. The van der Waals surface area contributed by atoms with Crippen LogP contribution >= 0.6 is 0 Å². The average molecular weight is 275 g/mol. The monoisotopic (exact) mass is 275 g/mol. The molecule has 0 unspecified atom stereocenters. The summed E-state index contributed by atoms with van der Waals surface area (Å²) in [4.78, 5) is 0. The van der Waals surface area contributed by atoms with E-state index in [9.17, 15) is 0 Å². The molecule has 0 aromatic rings. The molecular weight excluding hydrogens is 253 g/mol. The third-order valence-corrected chi connectivity index (χ3v) is 3.42. The Kier molecular flexibility index (Phi) is 11.0. The van der Waals surface area contributed by atoms with Gasteiger partial charge in [0, 0.05) is 6.61 Å². The van der Waals surface area contributed by atoms with Crippen LogP contribution in [-0.2, 0) is 4.65 Å². The van der Waals surface area contributed by atoms with E-state index in [1.807, 2.05) is 0 Å². The number of nitriles is 4. The Morgan fingerprint density at radius 1 is 0.900 bits per heavy atom. The summed E-state index contributed by atoms with van der Waals surface area (Å²) in [6.45, 7) is 10.4. The predicted molar refractivity (Wildman–Crippen MR) is 76.6 cm³/mol. The van der Waals surface area contributed by atoms with Gasteiger partial charge in [-0.1, -0.05) is 17.9 Å². The zero-order valence-electron chi connectivity index (χ0n) is 12.8. The molecule has 0 heterocycles. The Morgan fingerprint density at radius 2 is 1.30 bits per heavy atom. The zero-order chi connectivity index (χ0) is 16.1. The highest BCUT2D eigenvalue weighted by atomic mass is 16.4. The van der Waals surface area contributed by atoms with Crippen LogP contribution in [0.15, 0.2) is 0 Å². The molecule has 0 N–H and O–H groups in total. The molecule has 0 aliphatic rings. The van der Waals surface area contributed by atoms with Crippen molar-refractivity contribution in [2.45, 2.75) is 27.2 Å². The van der Waals surface area contributed by atoms with Crippen LogP contribution in [0.2, 0.25) is 0 Å². The van der Waals surface area contributed by atoms with Gasteiger partial charge in [0.2, 0.25) is 0 Å². The van der Waals surface area contributed by atoms with E-state index < -0.39 is 6.35 Å². The van der Waals surface area contributed by atoms with Crippen LogP contribution in [0.5, 0.6) is 0 Å². The highest BCUT2D eigenvalue weighted by molar-refractivity contribution is 6.94. The van der Waals surface area contributed by atoms with Crippen molar-refractivity contribution in [1.29, 1.82) is 21.0 Å². The van der Waals surface area contributed by atoms with E-state index in [0.29, 0.717) is 0 Å². The van der Waals surface area contributed by atoms with Crippen LogP contribution < -0.4 is 0 Å². The standard InChI is InChI=1S/C7H18N.C6H4BN4O/c1-5-8(4,6-2)7-3;8-2-1-3-12-7(4-9,5-10)6-11/h5-7H2,1-4H3;1,3H2/q+1;-1. The van der Waals surface area contributed by atoms with Gasteiger partial charge in [-0.05, 0) is 20.8 Å². The van der Waals surface area contributed by atoms with E-state index in [1.54, 1.807) is 6.07 Å². The maximum absolute atomic E-state index is 8.40. The zero-order valence-corrected chi connectivity index (χ0v) is 12.8. The number of quaternary nitrogens is 1. The molecule has 7 heteroatoms. The molecule has 0 fully saturated rings. The minimum Gasteiger partial charge on any atom is -0.556 e. The Hall–Kier alpha value is -2.06. The minimum atomic E-state index is -2.70. The fraction of sp³-hybridized carbons (Fsp3) is 0.692. The molecule has 0 rings (SSSR count). The molecule has 0 bridgehead atoms. The van der Waals surface area contributed by atoms with Crippen LogP contribution in [0.1, 0.15) is 27.2 Å². The minimum absolute atomic E-state index is 0.0640. The van der Waals surface area contributed by atoms with E-state index in [0.717, 1.165) is 0 Å². The molecular formula is C13H22BN5O.